The van der Waals surface area contributed by atoms with Crippen molar-refractivity contribution < 1.29 is 0 Å². The van der Waals surface area contributed by atoms with Crippen LogP contribution in [-0.2, 0) is 0 Å². The van der Waals surface area contributed by atoms with Gasteiger partial charge in [0, 0.05) is 21.4 Å². The summed E-state index contributed by atoms with van der Waals surface area (Å²) >= 11 is 3.50. The average molecular weight is 237 g/mol. The van der Waals surface area contributed by atoms with E-state index in [1.807, 2.05) is 25.1 Å². The molecule has 66 valence electrons. The minimum Gasteiger partial charge on any atom is -0.383 e. The van der Waals surface area contributed by atoms with Crippen LogP contribution in [0.2, 0.25) is 0 Å². The molecule has 0 radical (unpaired) electrons. The van der Waals surface area contributed by atoms with Crippen LogP contribution in [0.3, 0.4) is 0 Å². The zero-order chi connectivity index (χ0) is 9.42. The molecule has 0 fully saturated rings. The number of rotatable bonds is 0. The van der Waals surface area contributed by atoms with Crippen molar-refractivity contribution in [2.24, 2.45) is 0 Å². The fourth-order valence-corrected chi connectivity index (χ4v) is 2.12. The quantitative estimate of drug-likeness (QED) is 0.765. The first kappa shape index (κ1) is 8.51. The molecule has 0 aliphatic rings. The topological polar surface area (TPSA) is 38.9 Å². The minimum absolute atomic E-state index is 0.585. The first-order valence-electron chi connectivity index (χ1n) is 3.99. The largest absolute Gasteiger partial charge is 0.383 e. The maximum absolute atomic E-state index is 5.76. The highest BCUT2D eigenvalue weighted by atomic mass is 79.9. The molecule has 3 heteroatoms. The Labute approximate surface area is 84.9 Å². The van der Waals surface area contributed by atoms with Crippen LogP contribution in [0.15, 0.2) is 28.9 Å². The van der Waals surface area contributed by atoms with Gasteiger partial charge in [0.1, 0.15) is 5.82 Å². The Morgan fingerprint density at radius 2 is 2.15 bits per heavy atom. The predicted octanol–water partition coefficient (Wildman–Crippen LogP) is 2.89. The molecule has 0 unspecified atom stereocenters. The van der Waals surface area contributed by atoms with Gasteiger partial charge in [-0.3, -0.25) is 0 Å². The number of aromatic nitrogens is 1. The van der Waals surface area contributed by atoms with Crippen LogP contribution in [0.25, 0.3) is 10.8 Å². The van der Waals surface area contributed by atoms with Crippen molar-refractivity contribution in [3.63, 3.8) is 0 Å². The third kappa shape index (κ3) is 1.29. The van der Waals surface area contributed by atoms with Crippen molar-refractivity contribution in [3.8, 4) is 0 Å². The van der Waals surface area contributed by atoms with E-state index in [1.54, 1.807) is 6.20 Å². The third-order valence-corrected chi connectivity index (χ3v) is 2.74. The summed E-state index contributed by atoms with van der Waals surface area (Å²) in [6.45, 7) is 2.03. The van der Waals surface area contributed by atoms with E-state index in [2.05, 4.69) is 20.9 Å². The Hall–Kier alpha value is -1.09. The SMILES string of the molecule is Cc1cnc(N)c2cccc(Br)c12. The van der Waals surface area contributed by atoms with Gasteiger partial charge in [-0.2, -0.15) is 0 Å². The van der Waals surface area contributed by atoms with Gasteiger partial charge in [-0.05, 0) is 18.6 Å². The third-order valence-electron chi connectivity index (χ3n) is 2.08. The number of hydrogen-bond acceptors (Lipinski definition) is 2. The maximum atomic E-state index is 5.76. The smallest absolute Gasteiger partial charge is 0.131 e. The molecule has 2 rings (SSSR count). The van der Waals surface area contributed by atoms with Crippen LogP contribution in [0.4, 0.5) is 5.82 Å². The van der Waals surface area contributed by atoms with Gasteiger partial charge in [0.2, 0.25) is 0 Å². The molecular formula is C10H9BrN2. The van der Waals surface area contributed by atoms with E-state index in [9.17, 15) is 0 Å². The van der Waals surface area contributed by atoms with E-state index in [4.69, 9.17) is 5.73 Å². The van der Waals surface area contributed by atoms with Gasteiger partial charge in [-0.25, -0.2) is 4.98 Å². The number of nitrogens with two attached hydrogens (primary N) is 1. The van der Waals surface area contributed by atoms with Crippen LogP contribution in [-0.4, -0.2) is 4.98 Å². The van der Waals surface area contributed by atoms with Gasteiger partial charge >= 0.3 is 0 Å². The second-order valence-corrected chi connectivity index (χ2v) is 3.84. The molecule has 2 aromatic rings. The lowest BCUT2D eigenvalue weighted by molar-refractivity contribution is 1.31. The van der Waals surface area contributed by atoms with Crippen LogP contribution in [0.5, 0.6) is 0 Å². The standard InChI is InChI=1S/C10H9BrN2/c1-6-5-13-10(12)7-3-2-4-8(11)9(6)7/h2-5H,1H3,(H2,12,13). The fraction of sp³-hybridized carbons (Fsp3) is 0.100. The van der Waals surface area contributed by atoms with Gasteiger partial charge in [0.05, 0.1) is 0 Å². The van der Waals surface area contributed by atoms with E-state index < -0.39 is 0 Å². The Kier molecular flexibility index (Phi) is 1.96. The number of aryl methyl sites for hydroxylation is 1. The molecule has 0 saturated heterocycles. The summed E-state index contributed by atoms with van der Waals surface area (Å²) in [5, 5.41) is 2.16. The number of nitrogens with zero attached hydrogens (tertiary/aromatic N) is 1. The Morgan fingerprint density at radius 1 is 1.38 bits per heavy atom. The van der Waals surface area contributed by atoms with Crippen molar-refractivity contribution in [2.45, 2.75) is 6.92 Å². The summed E-state index contributed by atoms with van der Waals surface area (Å²) in [7, 11) is 0. The molecule has 1 heterocycles. The van der Waals surface area contributed by atoms with E-state index in [0.29, 0.717) is 5.82 Å². The van der Waals surface area contributed by atoms with Crippen LogP contribution < -0.4 is 5.73 Å². The molecule has 2 nitrogen and oxygen atoms in total. The highest BCUT2D eigenvalue weighted by molar-refractivity contribution is 9.10. The predicted molar refractivity (Wildman–Crippen MR) is 58.6 cm³/mol. The molecule has 0 atom stereocenters. The molecule has 2 N–H and O–H groups in total. The second kappa shape index (κ2) is 3.00. The lowest BCUT2D eigenvalue weighted by Crippen LogP contribution is -1.93. The van der Waals surface area contributed by atoms with Crippen molar-refractivity contribution in [1.82, 2.24) is 4.98 Å². The number of pyridine rings is 1. The summed E-state index contributed by atoms with van der Waals surface area (Å²) < 4.78 is 1.07. The van der Waals surface area contributed by atoms with Gasteiger partial charge in [-0.15, -0.1) is 0 Å². The van der Waals surface area contributed by atoms with E-state index in [-0.39, 0.29) is 0 Å². The average Bonchev–Trinajstić information content (AvgIpc) is 2.12. The van der Waals surface area contributed by atoms with Crippen molar-refractivity contribution in [2.75, 3.05) is 5.73 Å². The van der Waals surface area contributed by atoms with Crippen LogP contribution in [0.1, 0.15) is 5.56 Å². The number of anilines is 1. The fourth-order valence-electron chi connectivity index (χ4n) is 1.44. The van der Waals surface area contributed by atoms with Crippen LogP contribution >= 0.6 is 15.9 Å². The molecule has 0 bridgehead atoms. The first-order valence-corrected chi connectivity index (χ1v) is 4.79. The van der Waals surface area contributed by atoms with Gasteiger partial charge < -0.3 is 5.73 Å². The van der Waals surface area contributed by atoms with Gasteiger partial charge in [0.25, 0.3) is 0 Å². The van der Waals surface area contributed by atoms with Crippen molar-refractivity contribution in [1.29, 1.82) is 0 Å². The molecule has 0 aliphatic carbocycles. The van der Waals surface area contributed by atoms with Crippen molar-refractivity contribution in [3.05, 3.63) is 34.4 Å². The first-order chi connectivity index (χ1) is 6.20. The summed E-state index contributed by atoms with van der Waals surface area (Å²) in [4.78, 5) is 4.10. The molecule has 1 aromatic carbocycles. The molecular weight excluding hydrogens is 228 g/mol. The number of hydrogen-bond donors (Lipinski definition) is 1. The number of fused-ring (bicyclic) bond motifs is 1. The van der Waals surface area contributed by atoms with Gasteiger partial charge in [-0.1, -0.05) is 28.1 Å². The lowest BCUT2D eigenvalue weighted by atomic mass is 10.1. The molecule has 13 heavy (non-hydrogen) atoms. The summed E-state index contributed by atoms with van der Waals surface area (Å²) in [6.07, 6.45) is 1.79. The minimum atomic E-state index is 0.585. The van der Waals surface area contributed by atoms with Crippen molar-refractivity contribution >= 4 is 32.5 Å². The Morgan fingerprint density at radius 3 is 2.85 bits per heavy atom. The van der Waals surface area contributed by atoms with Gasteiger partial charge in [0.15, 0.2) is 0 Å². The Balaban J connectivity index is 3.00. The second-order valence-electron chi connectivity index (χ2n) is 2.99. The summed E-state index contributed by atoms with van der Waals surface area (Å²) in [5.41, 5.74) is 6.90. The molecule has 1 aromatic heterocycles. The highest BCUT2D eigenvalue weighted by Crippen LogP contribution is 2.28. The zero-order valence-corrected chi connectivity index (χ0v) is 8.80. The van der Waals surface area contributed by atoms with Crippen LogP contribution in [0, 0.1) is 6.92 Å². The molecule has 0 spiro atoms. The van der Waals surface area contributed by atoms with E-state index in [1.165, 1.54) is 0 Å². The maximum Gasteiger partial charge on any atom is 0.131 e. The number of halogens is 1. The molecule has 0 saturated carbocycles. The number of benzene rings is 1. The summed E-state index contributed by atoms with van der Waals surface area (Å²) in [6, 6.07) is 5.95. The molecule has 0 amide bonds. The molecule has 0 aliphatic heterocycles. The lowest BCUT2D eigenvalue weighted by Gasteiger charge is -2.05. The summed E-state index contributed by atoms with van der Waals surface area (Å²) in [5.74, 6) is 0.585. The normalized spacial score (nSPS) is 10.6. The Bertz CT molecular complexity index is 457. The van der Waals surface area contributed by atoms with E-state index in [0.717, 1.165) is 20.8 Å². The van der Waals surface area contributed by atoms with E-state index >= 15 is 0 Å². The zero-order valence-electron chi connectivity index (χ0n) is 7.21. The highest BCUT2D eigenvalue weighted by Gasteiger charge is 2.04. The monoisotopic (exact) mass is 236 g/mol. The number of nitrogen functional groups attached to an aromatic ring is 1.